The molecule has 2 aliphatic heterocycles. The molecule has 30 heavy (non-hydrogen) atoms. The van der Waals surface area contributed by atoms with Crippen molar-refractivity contribution in [2.45, 2.75) is 31.6 Å². The highest BCUT2D eigenvalue weighted by molar-refractivity contribution is 6.31. The summed E-state index contributed by atoms with van der Waals surface area (Å²) in [7, 11) is 1.48. The SMILES string of the molecule is COc1ccc(Cl)cc1NC(=O)N1CC(F)CC1C(=O)N1CCc2ccccc2C1. The molecule has 0 aliphatic carbocycles. The van der Waals surface area contributed by atoms with Crippen LogP contribution in [-0.4, -0.2) is 54.2 Å². The van der Waals surface area contributed by atoms with E-state index in [0.717, 1.165) is 12.0 Å². The van der Waals surface area contributed by atoms with E-state index in [2.05, 4.69) is 11.4 Å². The van der Waals surface area contributed by atoms with E-state index in [1.165, 1.54) is 17.6 Å². The monoisotopic (exact) mass is 431 g/mol. The fourth-order valence-electron chi connectivity index (χ4n) is 4.10. The number of likely N-dealkylation sites (tertiary alicyclic amines) is 1. The molecule has 0 bridgehead atoms. The Kier molecular flexibility index (Phi) is 5.81. The lowest BCUT2D eigenvalue weighted by Crippen LogP contribution is -2.50. The molecule has 0 spiro atoms. The van der Waals surface area contributed by atoms with Crippen LogP contribution in [0, 0.1) is 0 Å². The number of urea groups is 1. The fourth-order valence-corrected chi connectivity index (χ4v) is 4.27. The molecule has 0 saturated carbocycles. The van der Waals surface area contributed by atoms with Crippen molar-refractivity contribution < 1.29 is 18.7 Å². The van der Waals surface area contributed by atoms with Crippen LogP contribution in [0.2, 0.25) is 5.02 Å². The number of carbonyl (C=O) groups is 2. The summed E-state index contributed by atoms with van der Waals surface area (Å²) in [6.07, 6.45) is -0.500. The Bertz CT molecular complexity index is 970. The largest absolute Gasteiger partial charge is 0.495 e. The molecule has 6 nitrogen and oxygen atoms in total. The van der Waals surface area contributed by atoms with E-state index in [0.29, 0.717) is 29.5 Å². The topological polar surface area (TPSA) is 61.9 Å². The number of halogens is 2. The average Bonchev–Trinajstić information content (AvgIpc) is 3.15. The van der Waals surface area contributed by atoms with Gasteiger partial charge in [-0.05, 0) is 35.7 Å². The standard InChI is InChI=1S/C22H23ClFN3O3/c1-30-20-7-6-16(23)10-18(20)25-22(29)27-13-17(24)11-19(27)21(28)26-9-8-14-4-2-3-5-15(14)12-26/h2-7,10,17,19H,8-9,11-13H2,1H3,(H,25,29). The normalized spacial score (nSPS) is 20.6. The van der Waals surface area contributed by atoms with Gasteiger partial charge in [0.1, 0.15) is 18.0 Å². The summed E-state index contributed by atoms with van der Waals surface area (Å²) in [5.74, 6) is 0.206. The van der Waals surface area contributed by atoms with Gasteiger partial charge in [0, 0.05) is 24.5 Å². The lowest BCUT2D eigenvalue weighted by Gasteiger charge is -2.33. The molecule has 2 aromatic carbocycles. The lowest BCUT2D eigenvalue weighted by atomic mass is 9.99. The second-order valence-corrected chi connectivity index (χ2v) is 7.99. The summed E-state index contributed by atoms with van der Waals surface area (Å²) in [6.45, 7) is 0.899. The molecule has 2 atom stereocenters. The summed E-state index contributed by atoms with van der Waals surface area (Å²) in [5.41, 5.74) is 2.68. The number of hydrogen-bond donors (Lipinski definition) is 1. The van der Waals surface area contributed by atoms with E-state index in [9.17, 15) is 14.0 Å². The zero-order valence-electron chi connectivity index (χ0n) is 16.6. The van der Waals surface area contributed by atoms with Crippen molar-refractivity contribution in [3.8, 4) is 5.75 Å². The number of alkyl halides is 1. The highest BCUT2D eigenvalue weighted by atomic mass is 35.5. The third kappa shape index (κ3) is 4.07. The quantitative estimate of drug-likeness (QED) is 0.802. The highest BCUT2D eigenvalue weighted by Crippen LogP contribution is 2.30. The number of rotatable bonds is 3. The van der Waals surface area contributed by atoms with Gasteiger partial charge in [-0.15, -0.1) is 0 Å². The number of fused-ring (bicyclic) bond motifs is 1. The first-order chi connectivity index (χ1) is 14.5. The fraction of sp³-hybridized carbons (Fsp3) is 0.364. The van der Waals surface area contributed by atoms with Crippen LogP contribution < -0.4 is 10.1 Å². The summed E-state index contributed by atoms with van der Waals surface area (Å²) in [4.78, 5) is 29.1. The first kappa shape index (κ1) is 20.5. The Labute approximate surface area is 179 Å². The van der Waals surface area contributed by atoms with Gasteiger partial charge in [-0.1, -0.05) is 35.9 Å². The van der Waals surface area contributed by atoms with E-state index in [4.69, 9.17) is 16.3 Å². The molecular weight excluding hydrogens is 409 g/mol. The van der Waals surface area contributed by atoms with Crippen LogP contribution in [0.15, 0.2) is 42.5 Å². The van der Waals surface area contributed by atoms with Gasteiger partial charge in [0.05, 0.1) is 19.3 Å². The van der Waals surface area contributed by atoms with Gasteiger partial charge in [0.2, 0.25) is 5.91 Å². The second kappa shape index (κ2) is 8.52. The van der Waals surface area contributed by atoms with Gasteiger partial charge >= 0.3 is 6.03 Å². The third-order valence-electron chi connectivity index (χ3n) is 5.64. The van der Waals surface area contributed by atoms with Gasteiger partial charge < -0.3 is 19.9 Å². The van der Waals surface area contributed by atoms with Gasteiger partial charge in [-0.25, -0.2) is 9.18 Å². The van der Waals surface area contributed by atoms with Crippen LogP contribution in [0.4, 0.5) is 14.9 Å². The first-order valence-electron chi connectivity index (χ1n) is 9.87. The molecule has 3 amide bonds. The number of nitrogens with zero attached hydrogens (tertiary/aromatic N) is 2. The average molecular weight is 432 g/mol. The zero-order chi connectivity index (χ0) is 21.3. The molecule has 1 fully saturated rings. The van der Waals surface area contributed by atoms with Crippen molar-refractivity contribution in [2.75, 3.05) is 25.5 Å². The van der Waals surface area contributed by atoms with Crippen LogP contribution in [0.25, 0.3) is 0 Å². The molecule has 2 aliphatic rings. The van der Waals surface area contributed by atoms with E-state index >= 15 is 0 Å². The van der Waals surface area contributed by atoms with Crippen LogP contribution in [0.1, 0.15) is 17.5 Å². The molecule has 0 aromatic heterocycles. The number of benzene rings is 2. The number of amides is 3. The molecule has 4 rings (SSSR count). The predicted octanol–water partition coefficient (Wildman–Crippen LogP) is 3.88. The Morgan fingerprint density at radius 2 is 1.97 bits per heavy atom. The molecule has 8 heteroatoms. The number of carbonyl (C=O) groups excluding carboxylic acids is 2. The minimum atomic E-state index is -1.25. The number of hydrogen-bond acceptors (Lipinski definition) is 3. The van der Waals surface area contributed by atoms with Crippen molar-refractivity contribution in [1.29, 1.82) is 0 Å². The lowest BCUT2D eigenvalue weighted by molar-refractivity contribution is -0.136. The van der Waals surface area contributed by atoms with Crippen molar-refractivity contribution in [2.24, 2.45) is 0 Å². The van der Waals surface area contributed by atoms with E-state index in [-0.39, 0.29) is 18.9 Å². The van der Waals surface area contributed by atoms with E-state index < -0.39 is 18.2 Å². The summed E-state index contributed by atoms with van der Waals surface area (Å²) in [5, 5.41) is 3.13. The number of ether oxygens (including phenoxy) is 1. The van der Waals surface area contributed by atoms with Gasteiger partial charge in [0.25, 0.3) is 0 Å². The van der Waals surface area contributed by atoms with Gasteiger partial charge in [0.15, 0.2) is 0 Å². The van der Waals surface area contributed by atoms with Crippen molar-refractivity contribution in [3.63, 3.8) is 0 Å². The van der Waals surface area contributed by atoms with Gasteiger partial charge in [-0.2, -0.15) is 0 Å². The maximum Gasteiger partial charge on any atom is 0.322 e. The van der Waals surface area contributed by atoms with Crippen LogP contribution >= 0.6 is 11.6 Å². The van der Waals surface area contributed by atoms with E-state index in [1.54, 1.807) is 23.1 Å². The molecular formula is C22H23ClFN3O3. The molecule has 2 heterocycles. The van der Waals surface area contributed by atoms with Crippen molar-refractivity contribution in [3.05, 3.63) is 58.6 Å². The van der Waals surface area contributed by atoms with Crippen molar-refractivity contribution in [1.82, 2.24) is 9.80 Å². The van der Waals surface area contributed by atoms with Crippen molar-refractivity contribution >= 4 is 29.2 Å². The maximum absolute atomic E-state index is 14.3. The second-order valence-electron chi connectivity index (χ2n) is 7.55. The van der Waals surface area contributed by atoms with E-state index in [1.807, 2.05) is 18.2 Å². The maximum atomic E-state index is 14.3. The van der Waals surface area contributed by atoms with Crippen LogP contribution in [-0.2, 0) is 17.8 Å². The minimum absolute atomic E-state index is 0.00290. The highest BCUT2D eigenvalue weighted by Gasteiger charge is 2.42. The Morgan fingerprint density at radius 1 is 1.20 bits per heavy atom. The minimum Gasteiger partial charge on any atom is -0.495 e. The Morgan fingerprint density at radius 3 is 2.73 bits per heavy atom. The zero-order valence-corrected chi connectivity index (χ0v) is 17.4. The summed E-state index contributed by atoms with van der Waals surface area (Å²) in [6, 6.07) is 11.4. The first-order valence-corrected chi connectivity index (χ1v) is 10.2. The summed E-state index contributed by atoms with van der Waals surface area (Å²) >= 11 is 6.02. The predicted molar refractivity (Wildman–Crippen MR) is 113 cm³/mol. The molecule has 158 valence electrons. The number of nitrogens with one attached hydrogen (secondary N) is 1. The number of methoxy groups -OCH3 is 1. The van der Waals surface area contributed by atoms with Gasteiger partial charge in [-0.3, -0.25) is 4.79 Å². The molecule has 2 unspecified atom stereocenters. The van der Waals surface area contributed by atoms with Crippen LogP contribution in [0.3, 0.4) is 0 Å². The molecule has 1 N–H and O–H groups in total. The Hall–Kier alpha value is -2.80. The number of anilines is 1. The molecule has 2 aromatic rings. The third-order valence-corrected chi connectivity index (χ3v) is 5.88. The Balaban J connectivity index is 1.50. The smallest absolute Gasteiger partial charge is 0.322 e. The molecule has 1 saturated heterocycles. The summed E-state index contributed by atoms with van der Waals surface area (Å²) < 4.78 is 19.5. The molecule has 0 radical (unpaired) electrons. The van der Waals surface area contributed by atoms with Crippen LogP contribution in [0.5, 0.6) is 5.75 Å².